The lowest BCUT2D eigenvalue weighted by molar-refractivity contribution is -0.136. The van der Waals surface area contributed by atoms with Crippen molar-refractivity contribution in [3.8, 4) is 0 Å². The monoisotopic (exact) mass is 754 g/mol. The molecule has 1 aliphatic rings. The second-order valence-electron chi connectivity index (χ2n) is 13.2. The quantitative estimate of drug-likeness (QED) is 0.103. The number of ether oxygens (including phenoxy) is 2. The maximum Gasteiger partial charge on any atom is 0.408 e. The first-order valence-electron chi connectivity index (χ1n) is 17.5. The Bertz CT molecular complexity index is 1910. The average molecular weight is 756 g/mol. The predicted molar refractivity (Wildman–Crippen MR) is 195 cm³/mol. The van der Waals surface area contributed by atoms with Crippen molar-refractivity contribution < 1.29 is 33.2 Å². The zero-order valence-electron chi connectivity index (χ0n) is 29.8. The first-order chi connectivity index (χ1) is 24.9. The number of rotatable bonds is 14. The number of benzene rings is 2. The molecule has 0 fully saturated rings. The minimum Gasteiger partial charge on any atom is -0.460 e. The molecule has 0 bridgehead atoms. The molecule has 15 heteroatoms. The third-order valence-corrected chi connectivity index (χ3v) is 10.3. The van der Waals surface area contributed by atoms with Gasteiger partial charge in [-0.15, -0.1) is 0 Å². The SMILES string of the molecule is CCOC(=O)c1noc(C(NC(=O)[C@@]2(NC(=O)C(NC(=O)OCc3ccccc3)C(C)CC)CCc3[nH]c4c(Cl)cc(Cl)cc4c3C2)C(C)CC)n1. The standard InChI is InChI=1S/C37H44Cl2N6O7/c1-6-20(4)28(42-36(49)51-19-22-12-10-9-11-13-22)32(46)44-37(15-14-27-25(18-37)24-16-23(38)17-26(39)30(24)40-27)35(48)41-29(21(5)7-2)33-43-31(45-52-33)34(47)50-8-3/h9-13,16-17,20-21,28-29,40H,6-8,14-15,18-19H2,1-5H3,(H,41,48)(H,42,49)(H,44,46)/t20?,21?,28?,29?,37-/m1/s1. The van der Waals surface area contributed by atoms with Crippen LogP contribution in [0.25, 0.3) is 10.9 Å². The number of hydrogen-bond acceptors (Lipinski definition) is 9. The molecule has 0 aliphatic heterocycles. The lowest BCUT2D eigenvalue weighted by Gasteiger charge is -2.39. The third kappa shape index (κ3) is 8.53. The number of aromatic amines is 1. The van der Waals surface area contributed by atoms with Gasteiger partial charge in [0.25, 0.3) is 5.82 Å². The zero-order chi connectivity index (χ0) is 37.6. The molecule has 1 aliphatic carbocycles. The first kappa shape index (κ1) is 38.6. The van der Waals surface area contributed by atoms with Crippen molar-refractivity contribution in [3.63, 3.8) is 0 Å². The molecule has 0 saturated carbocycles. The molecule has 278 valence electrons. The number of fused-ring (bicyclic) bond motifs is 3. The molecule has 5 atom stereocenters. The molecular weight excluding hydrogens is 711 g/mol. The number of halogens is 2. The molecule has 13 nitrogen and oxygen atoms in total. The fourth-order valence-electron chi connectivity index (χ4n) is 6.34. The summed E-state index contributed by atoms with van der Waals surface area (Å²) in [4.78, 5) is 62.1. The van der Waals surface area contributed by atoms with Gasteiger partial charge in [-0.25, -0.2) is 9.59 Å². The molecule has 0 radical (unpaired) electrons. The average Bonchev–Trinajstić information content (AvgIpc) is 3.77. The molecular formula is C37H44Cl2N6O7. The maximum absolute atomic E-state index is 14.8. The number of hydrogen-bond donors (Lipinski definition) is 4. The van der Waals surface area contributed by atoms with E-state index in [9.17, 15) is 19.2 Å². The van der Waals surface area contributed by atoms with Gasteiger partial charge in [-0.3, -0.25) is 9.59 Å². The van der Waals surface area contributed by atoms with Gasteiger partial charge in [0.1, 0.15) is 24.2 Å². The Morgan fingerprint density at radius 2 is 1.73 bits per heavy atom. The number of H-pyrrole nitrogens is 1. The normalized spacial score (nSPS) is 17.7. The van der Waals surface area contributed by atoms with Crippen molar-refractivity contribution in [1.29, 1.82) is 0 Å². The number of aryl methyl sites for hydroxylation is 1. The molecule has 0 saturated heterocycles. The summed E-state index contributed by atoms with van der Waals surface area (Å²) in [7, 11) is 0. The zero-order valence-corrected chi connectivity index (χ0v) is 31.3. The van der Waals surface area contributed by atoms with Crippen LogP contribution in [0.15, 0.2) is 47.0 Å². The number of esters is 1. The Balaban J connectivity index is 1.48. The van der Waals surface area contributed by atoms with Gasteiger partial charge in [-0.2, -0.15) is 4.98 Å². The topological polar surface area (TPSA) is 178 Å². The molecule has 4 unspecified atom stereocenters. The van der Waals surface area contributed by atoms with Gasteiger partial charge < -0.3 is 34.9 Å². The lowest BCUT2D eigenvalue weighted by Crippen LogP contribution is -2.65. The van der Waals surface area contributed by atoms with Crippen LogP contribution in [0.2, 0.25) is 10.0 Å². The van der Waals surface area contributed by atoms with E-state index in [1.807, 2.05) is 58.0 Å². The van der Waals surface area contributed by atoms with E-state index in [4.69, 9.17) is 37.2 Å². The molecule has 3 amide bonds. The second-order valence-corrected chi connectivity index (χ2v) is 14.1. The van der Waals surface area contributed by atoms with E-state index in [0.29, 0.717) is 34.8 Å². The number of nitrogens with one attached hydrogen (secondary N) is 4. The van der Waals surface area contributed by atoms with Crippen LogP contribution < -0.4 is 16.0 Å². The van der Waals surface area contributed by atoms with Crippen LogP contribution in [0.1, 0.15) is 93.3 Å². The molecule has 2 aromatic carbocycles. The Labute approximate surface area is 311 Å². The molecule has 2 aromatic heterocycles. The summed E-state index contributed by atoms with van der Waals surface area (Å²) in [5, 5.41) is 14.2. The van der Waals surface area contributed by atoms with Gasteiger partial charge in [0.05, 0.1) is 17.1 Å². The minimum atomic E-state index is -1.51. The van der Waals surface area contributed by atoms with E-state index < -0.39 is 41.5 Å². The number of aromatic nitrogens is 3. The minimum absolute atomic E-state index is 0.0207. The van der Waals surface area contributed by atoms with Crippen LogP contribution in [0.3, 0.4) is 0 Å². The van der Waals surface area contributed by atoms with Gasteiger partial charge in [0.2, 0.25) is 17.7 Å². The van der Waals surface area contributed by atoms with Gasteiger partial charge in [-0.1, -0.05) is 94.1 Å². The van der Waals surface area contributed by atoms with Crippen LogP contribution in [0.5, 0.6) is 0 Å². The maximum atomic E-state index is 14.8. The lowest BCUT2D eigenvalue weighted by atomic mass is 9.78. The van der Waals surface area contributed by atoms with E-state index in [-0.39, 0.29) is 49.6 Å². The number of amides is 3. The fraction of sp³-hybridized carbons (Fsp3) is 0.459. The number of alkyl carbamates (subject to hydrolysis) is 1. The third-order valence-electron chi connectivity index (χ3n) is 9.74. The molecule has 2 heterocycles. The van der Waals surface area contributed by atoms with Gasteiger partial charge >= 0.3 is 12.1 Å². The summed E-state index contributed by atoms with van der Waals surface area (Å²) in [6.45, 7) is 9.39. The Morgan fingerprint density at radius 1 is 1.00 bits per heavy atom. The first-order valence-corrected chi connectivity index (χ1v) is 18.2. The highest BCUT2D eigenvalue weighted by atomic mass is 35.5. The summed E-state index contributed by atoms with van der Waals surface area (Å²) in [5.74, 6) is -2.59. The van der Waals surface area contributed by atoms with Crippen molar-refractivity contribution in [2.24, 2.45) is 11.8 Å². The number of nitrogens with zero attached hydrogens (tertiary/aromatic N) is 2. The van der Waals surface area contributed by atoms with Gasteiger partial charge in [0.15, 0.2) is 0 Å². The summed E-state index contributed by atoms with van der Waals surface area (Å²) in [5.41, 5.74) is 1.60. The number of carbonyl (C=O) groups is 4. The van der Waals surface area contributed by atoms with E-state index in [0.717, 1.165) is 22.2 Å². The van der Waals surface area contributed by atoms with Crippen molar-refractivity contribution in [1.82, 2.24) is 31.1 Å². The van der Waals surface area contributed by atoms with Crippen molar-refractivity contribution >= 4 is 58.0 Å². The van der Waals surface area contributed by atoms with Gasteiger partial charge in [-0.05, 0) is 60.0 Å². The molecule has 4 aromatic rings. The van der Waals surface area contributed by atoms with E-state index in [2.05, 4.69) is 31.1 Å². The highest BCUT2D eigenvalue weighted by molar-refractivity contribution is 6.38. The van der Waals surface area contributed by atoms with Crippen LogP contribution in [-0.2, 0) is 38.5 Å². The Kier molecular flexibility index (Phi) is 12.5. The van der Waals surface area contributed by atoms with E-state index in [1.165, 1.54) is 0 Å². The highest BCUT2D eigenvalue weighted by Gasteiger charge is 2.47. The van der Waals surface area contributed by atoms with Crippen LogP contribution in [0.4, 0.5) is 4.79 Å². The molecule has 52 heavy (non-hydrogen) atoms. The predicted octanol–water partition coefficient (Wildman–Crippen LogP) is 6.62. The molecule has 4 N–H and O–H groups in total. The van der Waals surface area contributed by atoms with Gasteiger partial charge in [0, 0.05) is 22.5 Å². The molecule has 5 rings (SSSR count). The fourth-order valence-corrected chi connectivity index (χ4v) is 6.88. The Hall–Kier alpha value is -4.62. The van der Waals surface area contributed by atoms with Crippen LogP contribution in [-0.4, -0.2) is 57.2 Å². The summed E-state index contributed by atoms with van der Waals surface area (Å²) >= 11 is 13.0. The molecule has 0 spiro atoms. The summed E-state index contributed by atoms with van der Waals surface area (Å²) < 4.78 is 15.9. The van der Waals surface area contributed by atoms with E-state index >= 15 is 0 Å². The second kappa shape index (κ2) is 16.8. The number of carbonyl (C=O) groups excluding carboxylic acids is 4. The van der Waals surface area contributed by atoms with Crippen LogP contribution >= 0.6 is 23.2 Å². The summed E-state index contributed by atoms with van der Waals surface area (Å²) in [6.07, 6.45) is 1.06. The smallest absolute Gasteiger partial charge is 0.408 e. The van der Waals surface area contributed by atoms with Crippen molar-refractivity contribution in [2.45, 2.75) is 91.0 Å². The van der Waals surface area contributed by atoms with Crippen LogP contribution in [0, 0.1) is 11.8 Å². The largest absolute Gasteiger partial charge is 0.460 e. The van der Waals surface area contributed by atoms with Crippen molar-refractivity contribution in [2.75, 3.05) is 6.61 Å². The van der Waals surface area contributed by atoms with E-state index in [1.54, 1.807) is 19.1 Å². The Morgan fingerprint density at radius 3 is 2.42 bits per heavy atom. The summed E-state index contributed by atoms with van der Waals surface area (Å²) in [6, 6.07) is 10.8. The highest BCUT2D eigenvalue weighted by Crippen LogP contribution is 2.39. The van der Waals surface area contributed by atoms with Crippen molar-refractivity contribution in [3.05, 3.63) is 81.0 Å².